The van der Waals surface area contributed by atoms with Gasteiger partial charge in [0, 0.05) is 19.6 Å². The summed E-state index contributed by atoms with van der Waals surface area (Å²) in [5.41, 5.74) is 2.41. The third kappa shape index (κ3) is 4.59. The maximum atomic E-state index is 12.3. The second-order valence-corrected chi connectivity index (χ2v) is 6.41. The predicted molar refractivity (Wildman–Crippen MR) is 94.6 cm³/mol. The van der Waals surface area contributed by atoms with Crippen molar-refractivity contribution in [3.05, 3.63) is 65.7 Å². The van der Waals surface area contributed by atoms with Gasteiger partial charge in [0.2, 0.25) is 5.91 Å². The van der Waals surface area contributed by atoms with Crippen molar-refractivity contribution in [2.75, 3.05) is 19.6 Å². The van der Waals surface area contributed by atoms with Crippen LogP contribution in [0.1, 0.15) is 17.5 Å². The van der Waals surface area contributed by atoms with E-state index in [-0.39, 0.29) is 17.6 Å². The molecule has 1 atom stereocenters. The fourth-order valence-corrected chi connectivity index (χ4v) is 3.17. The van der Waals surface area contributed by atoms with Crippen LogP contribution in [0.3, 0.4) is 0 Å². The molecular formula is C20H24N2O2. The summed E-state index contributed by atoms with van der Waals surface area (Å²) in [6.45, 7) is 3.36. The summed E-state index contributed by atoms with van der Waals surface area (Å²) >= 11 is 0. The van der Waals surface area contributed by atoms with Crippen molar-refractivity contribution in [1.82, 2.24) is 10.2 Å². The van der Waals surface area contributed by atoms with Gasteiger partial charge in [-0.05, 0) is 42.6 Å². The minimum atomic E-state index is 0.0912. The number of amides is 1. The van der Waals surface area contributed by atoms with E-state index in [1.54, 1.807) is 12.1 Å². The second kappa shape index (κ2) is 7.97. The average molecular weight is 324 g/mol. The van der Waals surface area contributed by atoms with Gasteiger partial charge in [0.1, 0.15) is 5.75 Å². The fraction of sp³-hybridized carbons (Fsp3) is 0.350. The molecule has 1 fully saturated rings. The molecule has 0 spiro atoms. The zero-order valence-electron chi connectivity index (χ0n) is 13.8. The lowest BCUT2D eigenvalue weighted by molar-refractivity contribution is -0.124. The Morgan fingerprint density at radius 1 is 1.08 bits per heavy atom. The molecule has 2 N–H and O–H groups in total. The third-order valence-corrected chi connectivity index (χ3v) is 4.54. The summed E-state index contributed by atoms with van der Waals surface area (Å²) in [5.74, 6) is 0.519. The van der Waals surface area contributed by atoms with Crippen molar-refractivity contribution in [2.24, 2.45) is 5.92 Å². The Morgan fingerprint density at radius 3 is 2.58 bits per heavy atom. The topological polar surface area (TPSA) is 52.6 Å². The van der Waals surface area contributed by atoms with Crippen molar-refractivity contribution < 1.29 is 9.90 Å². The Morgan fingerprint density at radius 2 is 1.83 bits per heavy atom. The van der Waals surface area contributed by atoms with Gasteiger partial charge in [-0.25, -0.2) is 0 Å². The summed E-state index contributed by atoms with van der Waals surface area (Å²) in [5, 5.41) is 12.3. The lowest BCUT2D eigenvalue weighted by Crippen LogP contribution is -2.33. The molecule has 2 aromatic rings. The van der Waals surface area contributed by atoms with Gasteiger partial charge >= 0.3 is 0 Å². The molecule has 1 heterocycles. The number of benzene rings is 2. The van der Waals surface area contributed by atoms with E-state index >= 15 is 0 Å². The van der Waals surface area contributed by atoms with Gasteiger partial charge in [-0.15, -0.1) is 0 Å². The van der Waals surface area contributed by atoms with Crippen LogP contribution in [-0.4, -0.2) is 35.5 Å². The molecule has 2 aromatic carbocycles. The van der Waals surface area contributed by atoms with Crippen LogP contribution in [0.5, 0.6) is 5.75 Å². The number of carbonyl (C=O) groups is 1. The highest BCUT2D eigenvalue weighted by atomic mass is 16.3. The number of rotatable bonds is 6. The number of likely N-dealkylation sites (tertiary alicyclic amines) is 1. The van der Waals surface area contributed by atoms with Crippen molar-refractivity contribution in [1.29, 1.82) is 0 Å². The standard InChI is InChI=1S/C20H24N2O2/c23-19-8-6-16(7-9-19)10-12-21-20(24)18-11-13-22(15-18)14-17-4-2-1-3-5-17/h1-9,18,23H,10-15H2,(H,21,24). The molecule has 24 heavy (non-hydrogen) atoms. The Balaban J connectivity index is 1.40. The van der Waals surface area contributed by atoms with E-state index in [0.717, 1.165) is 38.0 Å². The highest BCUT2D eigenvalue weighted by Crippen LogP contribution is 2.19. The first kappa shape index (κ1) is 16.5. The zero-order chi connectivity index (χ0) is 16.8. The van der Waals surface area contributed by atoms with E-state index in [1.807, 2.05) is 18.2 Å². The normalized spacial score (nSPS) is 17.8. The molecule has 1 unspecified atom stereocenters. The van der Waals surface area contributed by atoms with E-state index in [2.05, 4.69) is 34.5 Å². The van der Waals surface area contributed by atoms with Crippen molar-refractivity contribution in [2.45, 2.75) is 19.4 Å². The largest absolute Gasteiger partial charge is 0.508 e. The minimum Gasteiger partial charge on any atom is -0.508 e. The summed E-state index contributed by atoms with van der Waals surface area (Å²) in [7, 11) is 0. The van der Waals surface area contributed by atoms with Crippen LogP contribution in [0.25, 0.3) is 0 Å². The molecular weight excluding hydrogens is 300 g/mol. The Hall–Kier alpha value is -2.33. The number of phenolic OH excluding ortho intramolecular Hbond substituents is 1. The van der Waals surface area contributed by atoms with E-state index in [9.17, 15) is 9.90 Å². The van der Waals surface area contributed by atoms with E-state index in [1.165, 1.54) is 5.56 Å². The molecule has 4 nitrogen and oxygen atoms in total. The monoisotopic (exact) mass is 324 g/mol. The molecule has 0 bridgehead atoms. The van der Waals surface area contributed by atoms with Crippen LogP contribution < -0.4 is 5.32 Å². The summed E-state index contributed by atoms with van der Waals surface area (Å²) in [6, 6.07) is 17.5. The second-order valence-electron chi connectivity index (χ2n) is 6.41. The summed E-state index contributed by atoms with van der Waals surface area (Å²) < 4.78 is 0. The number of phenols is 1. The number of nitrogens with zero attached hydrogens (tertiary/aromatic N) is 1. The average Bonchev–Trinajstić information content (AvgIpc) is 3.06. The van der Waals surface area contributed by atoms with Crippen LogP contribution in [0.4, 0.5) is 0 Å². The first-order valence-corrected chi connectivity index (χ1v) is 8.52. The van der Waals surface area contributed by atoms with E-state index in [4.69, 9.17) is 0 Å². The van der Waals surface area contributed by atoms with Gasteiger partial charge < -0.3 is 10.4 Å². The Labute approximate surface area is 143 Å². The van der Waals surface area contributed by atoms with Crippen LogP contribution >= 0.6 is 0 Å². The number of nitrogens with one attached hydrogen (secondary N) is 1. The van der Waals surface area contributed by atoms with Crippen LogP contribution in [-0.2, 0) is 17.8 Å². The van der Waals surface area contributed by atoms with Crippen molar-refractivity contribution in [3.63, 3.8) is 0 Å². The first-order chi connectivity index (χ1) is 11.7. The SMILES string of the molecule is O=C(NCCc1ccc(O)cc1)C1CCN(Cc2ccccc2)C1. The molecule has 0 saturated carbocycles. The first-order valence-electron chi connectivity index (χ1n) is 8.52. The Kier molecular flexibility index (Phi) is 5.49. The van der Waals surface area contributed by atoms with Gasteiger partial charge in [0.25, 0.3) is 0 Å². The highest BCUT2D eigenvalue weighted by Gasteiger charge is 2.27. The van der Waals surface area contributed by atoms with Crippen LogP contribution in [0.2, 0.25) is 0 Å². The van der Waals surface area contributed by atoms with Crippen LogP contribution in [0, 0.1) is 5.92 Å². The van der Waals surface area contributed by atoms with E-state index < -0.39 is 0 Å². The lowest BCUT2D eigenvalue weighted by Gasteiger charge is -2.16. The van der Waals surface area contributed by atoms with Gasteiger partial charge in [0.05, 0.1) is 5.92 Å². The molecule has 0 aliphatic carbocycles. The fourth-order valence-electron chi connectivity index (χ4n) is 3.17. The van der Waals surface area contributed by atoms with Gasteiger partial charge in [0.15, 0.2) is 0 Å². The molecule has 1 aliphatic rings. The quantitative estimate of drug-likeness (QED) is 0.859. The maximum Gasteiger partial charge on any atom is 0.224 e. The number of hydrogen-bond donors (Lipinski definition) is 2. The predicted octanol–water partition coefficient (Wildman–Crippen LogP) is 2.57. The van der Waals surface area contributed by atoms with Gasteiger partial charge in [-0.3, -0.25) is 9.69 Å². The highest BCUT2D eigenvalue weighted by molar-refractivity contribution is 5.79. The maximum absolute atomic E-state index is 12.3. The van der Waals surface area contributed by atoms with Crippen molar-refractivity contribution >= 4 is 5.91 Å². The Bertz CT molecular complexity index is 655. The molecule has 126 valence electrons. The summed E-state index contributed by atoms with van der Waals surface area (Å²) in [6.07, 6.45) is 1.71. The zero-order valence-corrected chi connectivity index (χ0v) is 13.8. The lowest BCUT2D eigenvalue weighted by atomic mass is 10.1. The number of carbonyl (C=O) groups excluding carboxylic acids is 1. The molecule has 1 amide bonds. The van der Waals surface area contributed by atoms with E-state index in [0.29, 0.717) is 6.54 Å². The van der Waals surface area contributed by atoms with Gasteiger partial charge in [-0.2, -0.15) is 0 Å². The van der Waals surface area contributed by atoms with Gasteiger partial charge in [-0.1, -0.05) is 42.5 Å². The molecule has 1 aliphatic heterocycles. The minimum absolute atomic E-state index is 0.0912. The van der Waals surface area contributed by atoms with Crippen LogP contribution in [0.15, 0.2) is 54.6 Å². The molecule has 0 radical (unpaired) electrons. The molecule has 3 rings (SSSR count). The number of hydrogen-bond acceptors (Lipinski definition) is 3. The smallest absolute Gasteiger partial charge is 0.224 e. The molecule has 1 saturated heterocycles. The third-order valence-electron chi connectivity index (χ3n) is 4.54. The number of aromatic hydroxyl groups is 1. The molecule has 4 heteroatoms. The summed E-state index contributed by atoms with van der Waals surface area (Å²) in [4.78, 5) is 14.7. The molecule has 0 aromatic heterocycles. The van der Waals surface area contributed by atoms with Crippen molar-refractivity contribution in [3.8, 4) is 5.75 Å².